The predicted molar refractivity (Wildman–Crippen MR) is 83.7 cm³/mol. The van der Waals surface area contributed by atoms with E-state index in [0.29, 0.717) is 30.2 Å². The molecule has 1 N–H and O–H groups in total. The number of β-amino-alcohol motifs (C(OH)–C–C–N with tert-alkyl or cyclic N) is 1. The van der Waals surface area contributed by atoms with Crippen LogP contribution in [0.5, 0.6) is 0 Å². The van der Waals surface area contributed by atoms with E-state index in [-0.39, 0.29) is 17.5 Å². The summed E-state index contributed by atoms with van der Waals surface area (Å²) in [5, 5.41) is 10.5. The summed E-state index contributed by atoms with van der Waals surface area (Å²) in [7, 11) is -0.419. The maximum atomic E-state index is 13.3. The third-order valence-corrected chi connectivity index (χ3v) is 6.20. The molecule has 1 fully saturated rings. The number of hydrogen-bond donors (Lipinski definition) is 1. The fourth-order valence-electron chi connectivity index (χ4n) is 2.56. The molecule has 1 heterocycles. The van der Waals surface area contributed by atoms with E-state index in [1.54, 1.807) is 0 Å². The molecule has 1 aliphatic rings. The van der Waals surface area contributed by atoms with E-state index in [2.05, 4.69) is 0 Å². The van der Waals surface area contributed by atoms with Crippen molar-refractivity contribution in [1.29, 1.82) is 0 Å². The largest absolute Gasteiger partial charge is 0.391 e. The first kappa shape index (κ1) is 17.6. The van der Waals surface area contributed by atoms with Crippen LogP contribution in [-0.2, 0) is 16.6 Å². The third-order valence-electron chi connectivity index (χ3n) is 3.86. The number of aliphatic hydroxyl groups is 1. The minimum atomic E-state index is -3.37. The van der Waals surface area contributed by atoms with Gasteiger partial charge in [0.25, 0.3) is 0 Å². The van der Waals surface area contributed by atoms with Crippen molar-refractivity contribution < 1.29 is 17.9 Å². The van der Waals surface area contributed by atoms with Gasteiger partial charge in [0.15, 0.2) is 0 Å². The highest BCUT2D eigenvalue weighted by Crippen LogP contribution is 2.24. The van der Waals surface area contributed by atoms with Crippen LogP contribution in [-0.4, -0.2) is 61.8 Å². The smallest absolute Gasteiger partial charge is 0.214 e. The molecule has 5 nitrogen and oxygen atoms in total. The maximum absolute atomic E-state index is 13.3. The molecule has 1 aromatic rings. The molecule has 2 rings (SSSR count). The monoisotopic (exact) mass is 350 g/mol. The molecule has 0 spiro atoms. The molecule has 0 saturated carbocycles. The molecule has 2 atom stereocenters. The molecule has 0 aromatic heterocycles. The zero-order valence-electron chi connectivity index (χ0n) is 12.5. The first-order valence-electron chi connectivity index (χ1n) is 6.93. The van der Waals surface area contributed by atoms with Gasteiger partial charge in [-0.1, -0.05) is 11.6 Å². The van der Waals surface area contributed by atoms with E-state index >= 15 is 0 Å². The van der Waals surface area contributed by atoms with Gasteiger partial charge in [-0.3, -0.25) is 4.90 Å². The Balaban J connectivity index is 2.03. The quantitative estimate of drug-likeness (QED) is 0.865. The summed E-state index contributed by atoms with van der Waals surface area (Å²) < 4.78 is 38.3. The Bertz CT molecular complexity index is 639. The summed E-state index contributed by atoms with van der Waals surface area (Å²) >= 11 is 6.04. The van der Waals surface area contributed by atoms with Crippen LogP contribution in [0.25, 0.3) is 0 Å². The average molecular weight is 351 g/mol. The fourth-order valence-corrected chi connectivity index (χ4v) is 3.90. The van der Waals surface area contributed by atoms with E-state index < -0.39 is 16.1 Å². The van der Waals surface area contributed by atoms with Gasteiger partial charge in [0, 0.05) is 44.7 Å². The van der Waals surface area contributed by atoms with Gasteiger partial charge in [-0.05, 0) is 23.8 Å². The second kappa shape index (κ2) is 6.80. The lowest BCUT2D eigenvalue weighted by Gasteiger charge is -2.18. The SMILES string of the molecule is CN(C)S(=O)(=O)C[C@@H]1CN(Cc2cc(F)ccc2Cl)C[C@H]1O. The summed E-state index contributed by atoms with van der Waals surface area (Å²) in [5.41, 5.74) is 0.630. The van der Waals surface area contributed by atoms with Crippen molar-refractivity contribution >= 4 is 21.6 Å². The highest BCUT2D eigenvalue weighted by atomic mass is 35.5. The highest BCUT2D eigenvalue weighted by Gasteiger charge is 2.35. The van der Waals surface area contributed by atoms with Crippen LogP contribution in [0.15, 0.2) is 18.2 Å². The van der Waals surface area contributed by atoms with Crippen LogP contribution in [0.1, 0.15) is 5.56 Å². The van der Waals surface area contributed by atoms with E-state index in [1.165, 1.54) is 32.3 Å². The zero-order chi connectivity index (χ0) is 16.5. The normalized spacial score (nSPS) is 23.4. The van der Waals surface area contributed by atoms with E-state index in [1.807, 2.05) is 4.90 Å². The summed E-state index contributed by atoms with van der Waals surface area (Å²) in [6, 6.07) is 4.14. The van der Waals surface area contributed by atoms with Crippen molar-refractivity contribution in [2.24, 2.45) is 5.92 Å². The van der Waals surface area contributed by atoms with Gasteiger partial charge < -0.3 is 5.11 Å². The molecule has 0 bridgehead atoms. The van der Waals surface area contributed by atoms with Crippen molar-refractivity contribution in [2.45, 2.75) is 12.6 Å². The van der Waals surface area contributed by atoms with Crippen LogP contribution in [0, 0.1) is 11.7 Å². The minimum Gasteiger partial charge on any atom is -0.391 e. The number of likely N-dealkylation sites (tertiary alicyclic amines) is 1. The topological polar surface area (TPSA) is 60.9 Å². The van der Waals surface area contributed by atoms with Gasteiger partial charge in [0.1, 0.15) is 5.82 Å². The lowest BCUT2D eigenvalue weighted by molar-refractivity contribution is 0.148. The molecule has 1 aromatic carbocycles. The highest BCUT2D eigenvalue weighted by molar-refractivity contribution is 7.89. The Hall–Kier alpha value is -0.730. The number of aliphatic hydroxyl groups excluding tert-OH is 1. The van der Waals surface area contributed by atoms with Crippen LogP contribution in [0.3, 0.4) is 0 Å². The fraction of sp³-hybridized carbons (Fsp3) is 0.571. The van der Waals surface area contributed by atoms with Crippen molar-refractivity contribution in [2.75, 3.05) is 32.9 Å². The Morgan fingerprint density at radius 1 is 1.41 bits per heavy atom. The molecule has 0 radical (unpaired) electrons. The van der Waals surface area contributed by atoms with E-state index in [9.17, 15) is 17.9 Å². The number of rotatable bonds is 5. The molecule has 1 saturated heterocycles. The summed E-state index contributed by atoms with van der Waals surface area (Å²) in [5.74, 6) is -0.834. The Kier molecular flexibility index (Phi) is 5.45. The standard InChI is InChI=1S/C14H20ClFN2O3S/c1-17(2)22(20,21)9-11-7-18(8-14(11)19)6-10-5-12(16)3-4-13(10)15/h3-5,11,14,19H,6-9H2,1-2H3/t11-,14+/m0/s1. The zero-order valence-corrected chi connectivity index (χ0v) is 14.1. The van der Waals surface area contributed by atoms with Crippen LogP contribution < -0.4 is 0 Å². The average Bonchev–Trinajstić information content (AvgIpc) is 2.73. The van der Waals surface area contributed by atoms with Crippen molar-refractivity contribution in [3.05, 3.63) is 34.6 Å². The summed E-state index contributed by atoms with van der Waals surface area (Å²) in [4.78, 5) is 1.89. The number of sulfonamides is 1. The number of hydrogen-bond acceptors (Lipinski definition) is 4. The number of benzene rings is 1. The lowest BCUT2D eigenvalue weighted by Crippen LogP contribution is -2.33. The molecule has 0 amide bonds. The number of nitrogens with zero attached hydrogens (tertiary/aromatic N) is 2. The van der Waals surface area contributed by atoms with Crippen LogP contribution in [0.2, 0.25) is 5.02 Å². The summed E-state index contributed by atoms with van der Waals surface area (Å²) in [6.45, 7) is 1.16. The van der Waals surface area contributed by atoms with Crippen LogP contribution in [0.4, 0.5) is 4.39 Å². The van der Waals surface area contributed by atoms with Crippen molar-refractivity contribution in [3.63, 3.8) is 0 Å². The van der Waals surface area contributed by atoms with Gasteiger partial charge in [-0.25, -0.2) is 17.1 Å². The Morgan fingerprint density at radius 3 is 2.73 bits per heavy atom. The Morgan fingerprint density at radius 2 is 2.09 bits per heavy atom. The third kappa shape index (κ3) is 4.17. The second-order valence-electron chi connectivity index (χ2n) is 5.82. The molecule has 0 aliphatic carbocycles. The maximum Gasteiger partial charge on any atom is 0.214 e. The van der Waals surface area contributed by atoms with Gasteiger partial charge in [0.2, 0.25) is 10.0 Å². The van der Waals surface area contributed by atoms with Gasteiger partial charge >= 0.3 is 0 Å². The summed E-state index contributed by atoms with van der Waals surface area (Å²) in [6.07, 6.45) is -0.720. The van der Waals surface area contributed by atoms with Crippen molar-refractivity contribution in [1.82, 2.24) is 9.21 Å². The number of halogens is 2. The van der Waals surface area contributed by atoms with Gasteiger partial charge in [-0.15, -0.1) is 0 Å². The van der Waals surface area contributed by atoms with E-state index in [4.69, 9.17) is 11.6 Å². The molecule has 8 heteroatoms. The lowest BCUT2D eigenvalue weighted by atomic mass is 10.1. The minimum absolute atomic E-state index is 0.103. The molecule has 1 aliphatic heterocycles. The van der Waals surface area contributed by atoms with E-state index in [0.717, 1.165) is 4.31 Å². The first-order valence-corrected chi connectivity index (χ1v) is 8.92. The molecule has 22 heavy (non-hydrogen) atoms. The predicted octanol–water partition coefficient (Wildman–Crippen LogP) is 1.16. The van der Waals surface area contributed by atoms with Crippen molar-refractivity contribution in [3.8, 4) is 0 Å². The first-order chi connectivity index (χ1) is 10.2. The molecular weight excluding hydrogens is 331 g/mol. The molecular formula is C14H20ClFN2O3S. The molecule has 124 valence electrons. The van der Waals surface area contributed by atoms with Gasteiger partial charge in [-0.2, -0.15) is 0 Å². The Labute approximate surface area is 135 Å². The van der Waals surface area contributed by atoms with Gasteiger partial charge in [0.05, 0.1) is 11.9 Å². The van der Waals surface area contributed by atoms with Crippen LogP contribution >= 0.6 is 11.6 Å². The molecule has 0 unspecified atom stereocenters. The second-order valence-corrected chi connectivity index (χ2v) is 8.45.